The largest absolute Gasteiger partial charge is 0.383 e. The monoisotopic (exact) mass is 503 g/mol. The summed E-state index contributed by atoms with van der Waals surface area (Å²) in [4.78, 5) is 11.3. The molecule has 192 valence electrons. The van der Waals surface area contributed by atoms with Crippen molar-refractivity contribution in [3.63, 3.8) is 0 Å². The van der Waals surface area contributed by atoms with Gasteiger partial charge in [0.2, 0.25) is 0 Å². The van der Waals surface area contributed by atoms with E-state index in [4.69, 9.17) is 15.5 Å². The van der Waals surface area contributed by atoms with Gasteiger partial charge in [0.05, 0.1) is 24.0 Å². The number of aromatic nitrogens is 2. The van der Waals surface area contributed by atoms with Crippen molar-refractivity contribution in [2.45, 2.75) is 25.8 Å². The fourth-order valence-electron chi connectivity index (χ4n) is 4.98. The highest BCUT2D eigenvalue weighted by Crippen LogP contribution is 2.40. The lowest BCUT2D eigenvalue weighted by molar-refractivity contribution is 0.210. The summed E-state index contributed by atoms with van der Waals surface area (Å²) < 4.78 is 33.9. The minimum absolute atomic E-state index is 0.166. The molecule has 4 aromatic rings. The minimum atomic E-state index is -0.417. The van der Waals surface area contributed by atoms with Crippen molar-refractivity contribution in [2.24, 2.45) is 5.73 Å². The summed E-state index contributed by atoms with van der Waals surface area (Å²) >= 11 is 0. The van der Waals surface area contributed by atoms with Crippen LogP contribution in [0.1, 0.15) is 18.4 Å². The lowest BCUT2D eigenvalue weighted by Crippen LogP contribution is -2.40. The molecule has 5 rings (SSSR count). The van der Waals surface area contributed by atoms with Crippen LogP contribution in [0.2, 0.25) is 0 Å². The minimum Gasteiger partial charge on any atom is -0.383 e. The number of ether oxygens (including phenoxy) is 1. The number of hydrogen-bond donors (Lipinski definition) is 2. The molecule has 3 heterocycles. The van der Waals surface area contributed by atoms with Crippen molar-refractivity contribution in [1.29, 1.82) is 0 Å². The Morgan fingerprint density at radius 1 is 0.973 bits per heavy atom. The molecule has 6 nitrogen and oxygen atoms in total. The van der Waals surface area contributed by atoms with Gasteiger partial charge in [0.1, 0.15) is 17.5 Å². The van der Waals surface area contributed by atoms with Crippen LogP contribution in [0, 0.1) is 18.6 Å². The number of pyridine rings is 2. The van der Waals surface area contributed by atoms with E-state index in [9.17, 15) is 8.78 Å². The fraction of sp³-hybridized carbons (Fsp3) is 0.310. The van der Waals surface area contributed by atoms with Crippen molar-refractivity contribution in [1.82, 2.24) is 9.97 Å². The van der Waals surface area contributed by atoms with Gasteiger partial charge in [-0.05, 0) is 66.8 Å². The van der Waals surface area contributed by atoms with Crippen LogP contribution in [0.4, 0.5) is 20.3 Å². The molecule has 3 N–H and O–H groups in total. The molecule has 1 saturated heterocycles. The normalized spacial score (nSPS) is 14.4. The predicted molar refractivity (Wildman–Crippen MR) is 145 cm³/mol. The molecule has 0 radical (unpaired) electrons. The standard InChI is InChI=1S/C29H31F2N5O/c1-18-11-20(13-21(30)12-18)26-17-34-27-4-3-19(14-25(27)28(26)36-8-5-23(32)6-9-36)24-15-22(31)16-35-29(24)33-7-10-37-2/h3-4,11-17,23H,5-10,32H2,1-2H3,(H,33,35). The molecule has 1 aliphatic rings. The third-order valence-electron chi connectivity index (χ3n) is 6.81. The number of aryl methyl sites for hydroxylation is 1. The van der Waals surface area contributed by atoms with E-state index in [1.54, 1.807) is 13.2 Å². The molecule has 0 spiro atoms. The van der Waals surface area contributed by atoms with E-state index >= 15 is 0 Å². The molecule has 0 bridgehead atoms. The van der Waals surface area contributed by atoms with Crippen LogP contribution in [0.15, 0.2) is 54.9 Å². The topological polar surface area (TPSA) is 76.3 Å². The van der Waals surface area contributed by atoms with E-state index < -0.39 is 5.82 Å². The van der Waals surface area contributed by atoms with Gasteiger partial charge < -0.3 is 20.7 Å². The van der Waals surface area contributed by atoms with Crippen molar-refractivity contribution in [2.75, 3.05) is 43.6 Å². The number of nitrogens with zero attached hydrogens (tertiary/aromatic N) is 3. The molecular weight excluding hydrogens is 472 g/mol. The molecule has 1 fully saturated rings. The Kier molecular flexibility index (Phi) is 7.30. The molecule has 1 aliphatic heterocycles. The van der Waals surface area contributed by atoms with Gasteiger partial charge in [-0.15, -0.1) is 0 Å². The second kappa shape index (κ2) is 10.8. The molecule has 37 heavy (non-hydrogen) atoms. The number of benzene rings is 2. The molecule has 0 amide bonds. The molecule has 0 saturated carbocycles. The van der Waals surface area contributed by atoms with Crippen molar-refractivity contribution in [3.05, 3.63) is 72.1 Å². The summed E-state index contributed by atoms with van der Waals surface area (Å²) in [6.07, 6.45) is 4.76. The van der Waals surface area contributed by atoms with E-state index in [1.807, 2.05) is 37.4 Å². The summed E-state index contributed by atoms with van der Waals surface area (Å²) in [5.41, 5.74) is 11.9. The van der Waals surface area contributed by atoms with Crippen LogP contribution in [0.3, 0.4) is 0 Å². The third-order valence-corrected chi connectivity index (χ3v) is 6.81. The molecule has 0 unspecified atom stereocenters. The van der Waals surface area contributed by atoms with E-state index in [2.05, 4.69) is 15.2 Å². The number of fused-ring (bicyclic) bond motifs is 1. The highest BCUT2D eigenvalue weighted by molar-refractivity contribution is 6.02. The van der Waals surface area contributed by atoms with Gasteiger partial charge in [0.25, 0.3) is 0 Å². The summed E-state index contributed by atoms with van der Waals surface area (Å²) in [6.45, 7) is 4.50. The van der Waals surface area contributed by atoms with E-state index in [0.717, 1.165) is 64.8 Å². The van der Waals surface area contributed by atoms with Gasteiger partial charge in [-0.3, -0.25) is 4.98 Å². The van der Waals surface area contributed by atoms with Crippen LogP contribution in [0.5, 0.6) is 0 Å². The molecule has 8 heteroatoms. The smallest absolute Gasteiger partial charge is 0.142 e. The number of anilines is 2. The highest BCUT2D eigenvalue weighted by atomic mass is 19.1. The summed E-state index contributed by atoms with van der Waals surface area (Å²) in [5, 5.41) is 4.15. The maximum Gasteiger partial charge on any atom is 0.142 e. The van der Waals surface area contributed by atoms with Gasteiger partial charge in [-0.1, -0.05) is 12.1 Å². The average molecular weight is 504 g/mol. The predicted octanol–water partition coefficient (Wildman–Crippen LogP) is 5.54. The molecule has 2 aromatic carbocycles. The third kappa shape index (κ3) is 5.40. The Balaban J connectivity index is 1.69. The van der Waals surface area contributed by atoms with Crippen LogP contribution >= 0.6 is 0 Å². The quantitative estimate of drug-likeness (QED) is 0.323. The van der Waals surface area contributed by atoms with Crippen molar-refractivity contribution in [3.8, 4) is 22.3 Å². The lowest BCUT2D eigenvalue weighted by atomic mass is 9.95. The number of halogens is 2. The molecular formula is C29H31F2N5O. The van der Waals surface area contributed by atoms with E-state index in [0.29, 0.717) is 24.5 Å². The average Bonchev–Trinajstić information content (AvgIpc) is 2.88. The Morgan fingerprint density at radius 2 is 1.78 bits per heavy atom. The number of nitrogens with one attached hydrogen (secondary N) is 1. The maximum absolute atomic E-state index is 14.4. The zero-order valence-electron chi connectivity index (χ0n) is 21.1. The zero-order valence-corrected chi connectivity index (χ0v) is 21.1. The van der Waals surface area contributed by atoms with Gasteiger partial charge >= 0.3 is 0 Å². The number of rotatable bonds is 7. The highest BCUT2D eigenvalue weighted by Gasteiger charge is 2.23. The molecule has 0 atom stereocenters. The van der Waals surface area contributed by atoms with Gasteiger partial charge in [0, 0.05) is 55.5 Å². The van der Waals surface area contributed by atoms with E-state index in [1.165, 1.54) is 18.3 Å². The summed E-state index contributed by atoms with van der Waals surface area (Å²) in [7, 11) is 1.63. The van der Waals surface area contributed by atoms with Crippen LogP contribution < -0.4 is 16.0 Å². The van der Waals surface area contributed by atoms with Gasteiger partial charge in [-0.2, -0.15) is 0 Å². The zero-order chi connectivity index (χ0) is 25.9. The Bertz CT molecular complexity index is 1400. The number of piperidine rings is 1. The fourth-order valence-corrected chi connectivity index (χ4v) is 4.98. The first-order chi connectivity index (χ1) is 17.9. The van der Waals surface area contributed by atoms with Gasteiger partial charge in [0.15, 0.2) is 0 Å². The first-order valence-electron chi connectivity index (χ1n) is 12.5. The summed E-state index contributed by atoms with van der Waals surface area (Å²) in [6, 6.07) is 12.6. The first kappa shape index (κ1) is 25.0. The lowest BCUT2D eigenvalue weighted by Gasteiger charge is -2.34. The van der Waals surface area contributed by atoms with Crippen LogP contribution in [-0.2, 0) is 4.74 Å². The number of methoxy groups -OCH3 is 1. The van der Waals surface area contributed by atoms with Gasteiger partial charge in [-0.25, -0.2) is 13.8 Å². The maximum atomic E-state index is 14.4. The number of nitrogens with two attached hydrogens (primary N) is 1. The Morgan fingerprint density at radius 3 is 2.54 bits per heavy atom. The summed E-state index contributed by atoms with van der Waals surface area (Å²) in [5.74, 6) is -0.124. The molecule has 0 aliphatic carbocycles. The molecule has 2 aromatic heterocycles. The first-order valence-corrected chi connectivity index (χ1v) is 12.5. The van der Waals surface area contributed by atoms with E-state index in [-0.39, 0.29) is 11.9 Å². The van der Waals surface area contributed by atoms with Crippen LogP contribution in [-0.4, -0.2) is 49.4 Å². The Labute approximate surface area is 215 Å². The SMILES string of the molecule is COCCNc1ncc(F)cc1-c1ccc2ncc(-c3cc(C)cc(F)c3)c(N3CCC(N)CC3)c2c1. The Hall–Kier alpha value is -3.62. The van der Waals surface area contributed by atoms with Crippen LogP contribution in [0.25, 0.3) is 33.2 Å². The van der Waals surface area contributed by atoms with Crippen molar-refractivity contribution < 1.29 is 13.5 Å². The second-order valence-corrected chi connectivity index (χ2v) is 9.56. The number of hydrogen-bond acceptors (Lipinski definition) is 6. The second-order valence-electron chi connectivity index (χ2n) is 9.56. The van der Waals surface area contributed by atoms with Crippen molar-refractivity contribution >= 4 is 22.4 Å².